The van der Waals surface area contributed by atoms with Crippen LogP contribution in [-0.2, 0) is 27.3 Å². The highest BCUT2D eigenvalue weighted by molar-refractivity contribution is 5.72. The number of hydrogen-bond acceptors (Lipinski definition) is 4. The predicted octanol–water partition coefficient (Wildman–Crippen LogP) is 5.17. The van der Waals surface area contributed by atoms with Crippen molar-refractivity contribution >= 4 is 5.97 Å². The summed E-state index contributed by atoms with van der Waals surface area (Å²) >= 11 is 0. The van der Waals surface area contributed by atoms with Crippen LogP contribution in [0, 0.1) is 11.8 Å². The zero-order valence-corrected chi connectivity index (χ0v) is 16.6. The average Bonchev–Trinajstić information content (AvgIpc) is 2.68. The summed E-state index contributed by atoms with van der Waals surface area (Å²) in [5, 5.41) is 8.21. The highest BCUT2D eigenvalue weighted by Gasteiger charge is 2.14. The van der Waals surface area contributed by atoms with Crippen LogP contribution in [0.3, 0.4) is 0 Å². The number of esters is 1. The molecule has 0 bridgehead atoms. The van der Waals surface area contributed by atoms with E-state index in [9.17, 15) is 4.79 Å². The second-order valence-electron chi connectivity index (χ2n) is 6.85. The standard InChI is InChI=1S/C13H18O2.C10H14O2/c1-3-9-15-13(14)11(2)10-12-7-5-4-6-8-12;1-9(8-12-11)7-10-5-3-2-4-6-10/h4-8,11H,3,9-10H2,1-2H3;2-6,9,11H,7-8H2,1H3. The van der Waals surface area contributed by atoms with Crippen molar-refractivity contribution in [3.05, 3.63) is 71.8 Å². The summed E-state index contributed by atoms with van der Waals surface area (Å²) in [6.45, 7) is 6.87. The van der Waals surface area contributed by atoms with Gasteiger partial charge in [0.25, 0.3) is 0 Å². The van der Waals surface area contributed by atoms with Crippen molar-refractivity contribution in [2.24, 2.45) is 11.8 Å². The molecule has 0 aliphatic rings. The van der Waals surface area contributed by atoms with Gasteiger partial charge in [0.2, 0.25) is 0 Å². The van der Waals surface area contributed by atoms with Gasteiger partial charge in [-0.2, -0.15) is 0 Å². The molecule has 4 nitrogen and oxygen atoms in total. The van der Waals surface area contributed by atoms with E-state index in [4.69, 9.17) is 9.99 Å². The second-order valence-corrected chi connectivity index (χ2v) is 6.85. The molecule has 0 fully saturated rings. The third-order valence-electron chi connectivity index (χ3n) is 4.02. The zero-order valence-electron chi connectivity index (χ0n) is 16.6. The van der Waals surface area contributed by atoms with Crippen molar-refractivity contribution in [3.8, 4) is 0 Å². The van der Waals surface area contributed by atoms with E-state index >= 15 is 0 Å². The first-order chi connectivity index (χ1) is 13.1. The molecule has 2 aromatic carbocycles. The fraction of sp³-hybridized carbons (Fsp3) is 0.435. The quantitative estimate of drug-likeness (QED) is 0.375. The minimum Gasteiger partial charge on any atom is -0.465 e. The zero-order chi connectivity index (χ0) is 19.9. The lowest BCUT2D eigenvalue weighted by molar-refractivity contribution is -0.249. The van der Waals surface area contributed by atoms with Crippen molar-refractivity contribution in [1.29, 1.82) is 0 Å². The van der Waals surface area contributed by atoms with Gasteiger partial charge < -0.3 is 4.74 Å². The van der Waals surface area contributed by atoms with E-state index < -0.39 is 0 Å². The first-order valence-corrected chi connectivity index (χ1v) is 9.57. The van der Waals surface area contributed by atoms with Crippen LogP contribution in [0.15, 0.2) is 60.7 Å². The first kappa shape index (κ1) is 22.9. The Morgan fingerprint density at radius 2 is 1.44 bits per heavy atom. The molecule has 0 aliphatic heterocycles. The van der Waals surface area contributed by atoms with Gasteiger partial charge in [0, 0.05) is 0 Å². The molecule has 0 heterocycles. The average molecular weight is 373 g/mol. The van der Waals surface area contributed by atoms with Crippen LogP contribution in [0.5, 0.6) is 0 Å². The Morgan fingerprint density at radius 1 is 0.926 bits per heavy atom. The van der Waals surface area contributed by atoms with Crippen LogP contribution in [-0.4, -0.2) is 24.4 Å². The summed E-state index contributed by atoms with van der Waals surface area (Å²) in [5.74, 6) is 0.206. The molecule has 2 aromatic rings. The Labute approximate surface area is 163 Å². The van der Waals surface area contributed by atoms with Crippen LogP contribution < -0.4 is 0 Å². The summed E-state index contributed by atoms with van der Waals surface area (Å²) in [6, 6.07) is 20.2. The molecule has 0 aromatic heterocycles. The largest absolute Gasteiger partial charge is 0.465 e. The Morgan fingerprint density at radius 3 is 1.93 bits per heavy atom. The molecule has 148 valence electrons. The predicted molar refractivity (Wildman–Crippen MR) is 108 cm³/mol. The third-order valence-corrected chi connectivity index (χ3v) is 4.02. The monoisotopic (exact) mass is 372 g/mol. The van der Waals surface area contributed by atoms with E-state index in [1.165, 1.54) is 11.1 Å². The number of carbonyl (C=O) groups excluding carboxylic acids is 1. The Hall–Kier alpha value is -2.17. The van der Waals surface area contributed by atoms with Gasteiger partial charge in [0.05, 0.1) is 19.1 Å². The molecular formula is C23H32O4. The molecule has 0 radical (unpaired) electrons. The highest BCUT2D eigenvalue weighted by Crippen LogP contribution is 2.10. The lowest BCUT2D eigenvalue weighted by Crippen LogP contribution is -2.17. The van der Waals surface area contributed by atoms with Gasteiger partial charge in [0.1, 0.15) is 0 Å². The molecule has 4 heteroatoms. The summed E-state index contributed by atoms with van der Waals surface area (Å²) in [5.41, 5.74) is 2.46. The van der Waals surface area contributed by atoms with E-state index in [0.717, 1.165) is 19.3 Å². The molecular weight excluding hydrogens is 340 g/mol. The lowest BCUT2D eigenvalue weighted by atomic mass is 10.0. The van der Waals surface area contributed by atoms with Gasteiger partial charge in [-0.3, -0.25) is 10.1 Å². The van der Waals surface area contributed by atoms with Gasteiger partial charge in [-0.15, -0.1) is 0 Å². The molecule has 1 N–H and O–H groups in total. The van der Waals surface area contributed by atoms with Gasteiger partial charge in [0.15, 0.2) is 0 Å². The normalized spacial score (nSPS) is 12.4. The maximum atomic E-state index is 11.5. The Kier molecular flexibility index (Phi) is 11.8. The van der Waals surface area contributed by atoms with Crippen LogP contribution in [0.1, 0.15) is 38.3 Å². The number of hydrogen-bond donors (Lipinski definition) is 1. The van der Waals surface area contributed by atoms with E-state index in [0.29, 0.717) is 19.1 Å². The first-order valence-electron chi connectivity index (χ1n) is 9.57. The number of rotatable bonds is 9. The molecule has 0 aliphatic carbocycles. The summed E-state index contributed by atoms with van der Waals surface area (Å²) in [6.07, 6.45) is 2.58. The maximum Gasteiger partial charge on any atom is 0.308 e. The van der Waals surface area contributed by atoms with Crippen molar-refractivity contribution in [2.75, 3.05) is 13.2 Å². The molecule has 2 unspecified atom stereocenters. The van der Waals surface area contributed by atoms with Gasteiger partial charge in [-0.25, -0.2) is 4.89 Å². The van der Waals surface area contributed by atoms with E-state index in [2.05, 4.69) is 17.0 Å². The Balaban J connectivity index is 0.000000277. The van der Waals surface area contributed by atoms with Gasteiger partial charge in [-0.1, -0.05) is 81.4 Å². The second kappa shape index (κ2) is 14.0. The van der Waals surface area contributed by atoms with Crippen LogP contribution in [0.4, 0.5) is 0 Å². The molecule has 0 saturated heterocycles. The van der Waals surface area contributed by atoms with E-state index in [-0.39, 0.29) is 11.9 Å². The fourth-order valence-corrected chi connectivity index (χ4v) is 2.60. The molecule has 0 saturated carbocycles. The molecule has 0 spiro atoms. The maximum absolute atomic E-state index is 11.5. The summed E-state index contributed by atoms with van der Waals surface area (Å²) in [4.78, 5) is 15.6. The van der Waals surface area contributed by atoms with Gasteiger partial charge >= 0.3 is 5.97 Å². The SMILES string of the molecule is CC(COO)Cc1ccccc1.CCCOC(=O)C(C)Cc1ccccc1. The minimum absolute atomic E-state index is 0.0565. The van der Waals surface area contributed by atoms with Crippen LogP contribution in [0.2, 0.25) is 0 Å². The third kappa shape index (κ3) is 10.5. The van der Waals surface area contributed by atoms with Crippen molar-refractivity contribution in [2.45, 2.75) is 40.0 Å². The van der Waals surface area contributed by atoms with E-state index in [1.807, 2.05) is 69.3 Å². The number of benzene rings is 2. The number of carbonyl (C=O) groups is 1. The van der Waals surface area contributed by atoms with Crippen LogP contribution in [0.25, 0.3) is 0 Å². The van der Waals surface area contributed by atoms with Crippen molar-refractivity contribution < 1.29 is 19.7 Å². The molecule has 0 amide bonds. The number of ether oxygens (including phenoxy) is 1. The highest BCUT2D eigenvalue weighted by atomic mass is 17.1. The molecule has 27 heavy (non-hydrogen) atoms. The van der Waals surface area contributed by atoms with Gasteiger partial charge in [-0.05, 0) is 36.3 Å². The minimum atomic E-state index is -0.0966. The molecule has 2 rings (SSSR count). The topological polar surface area (TPSA) is 55.8 Å². The Bertz CT molecular complexity index is 613. The smallest absolute Gasteiger partial charge is 0.308 e. The summed E-state index contributed by atoms with van der Waals surface area (Å²) in [7, 11) is 0. The van der Waals surface area contributed by atoms with Crippen molar-refractivity contribution in [1.82, 2.24) is 0 Å². The lowest BCUT2D eigenvalue weighted by Gasteiger charge is -2.10. The van der Waals surface area contributed by atoms with Crippen LogP contribution >= 0.6 is 0 Å². The fourth-order valence-electron chi connectivity index (χ4n) is 2.60. The molecule has 2 atom stereocenters. The van der Waals surface area contributed by atoms with Crippen molar-refractivity contribution in [3.63, 3.8) is 0 Å². The summed E-state index contributed by atoms with van der Waals surface area (Å²) < 4.78 is 5.09. The van der Waals surface area contributed by atoms with E-state index in [1.54, 1.807) is 0 Å².